The molecule has 2 aromatic carbocycles. The van der Waals surface area contributed by atoms with E-state index in [4.69, 9.17) is 12.2 Å². The summed E-state index contributed by atoms with van der Waals surface area (Å²) in [5.41, 5.74) is 2.30. The quantitative estimate of drug-likeness (QED) is 0.395. The normalized spacial score (nSPS) is 16.4. The largest absolute Gasteiger partial charge is 0.298 e. The van der Waals surface area contributed by atoms with Crippen molar-refractivity contribution in [2.24, 2.45) is 0 Å². The number of nitrogens with zero attached hydrogens (tertiary/aromatic N) is 1. The van der Waals surface area contributed by atoms with Crippen molar-refractivity contribution < 1.29 is 9.59 Å². The van der Waals surface area contributed by atoms with Gasteiger partial charge < -0.3 is 0 Å². The zero-order valence-corrected chi connectivity index (χ0v) is 17.0. The number of halogens is 2. The molecule has 126 valence electrons. The Hall–Kier alpha value is -1.83. The van der Waals surface area contributed by atoms with Gasteiger partial charge in [0, 0.05) is 8.95 Å². The lowest BCUT2D eigenvalue weighted by Crippen LogP contribution is -2.54. The molecule has 1 fully saturated rings. The van der Waals surface area contributed by atoms with Gasteiger partial charge in [-0.2, -0.15) is 0 Å². The first-order valence-electron chi connectivity index (χ1n) is 7.30. The molecule has 0 aliphatic carbocycles. The topological polar surface area (TPSA) is 49.4 Å². The van der Waals surface area contributed by atoms with Crippen molar-refractivity contribution in [2.75, 3.05) is 4.90 Å². The first-order chi connectivity index (χ1) is 11.9. The number of nitrogens with one attached hydrogen (secondary N) is 1. The molecule has 0 aromatic heterocycles. The molecule has 0 saturated carbocycles. The third-order valence-corrected chi connectivity index (χ3v) is 4.99. The Morgan fingerprint density at radius 1 is 1.04 bits per heavy atom. The van der Waals surface area contributed by atoms with Crippen LogP contribution in [-0.4, -0.2) is 16.9 Å². The van der Waals surface area contributed by atoms with Gasteiger partial charge in [-0.3, -0.25) is 19.8 Å². The van der Waals surface area contributed by atoms with E-state index in [1.807, 2.05) is 43.3 Å². The number of hydrogen-bond donors (Lipinski definition) is 1. The van der Waals surface area contributed by atoms with E-state index in [1.165, 1.54) is 4.90 Å². The van der Waals surface area contributed by atoms with Gasteiger partial charge in [0.2, 0.25) is 0 Å². The van der Waals surface area contributed by atoms with Gasteiger partial charge in [0.15, 0.2) is 5.11 Å². The zero-order chi connectivity index (χ0) is 18.1. The Bertz CT molecular complexity index is 923. The van der Waals surface area contributed by atoms with Crippen molar-refractivity contribution in [2.45, 2.75) is 6.92 Å². The van der Waals surface area contributed by atoms with E-state index in [1.54, 1.807) is 12.1 Å². The number of carbonyl (C=O) groups excluding carboxylic acids is 2. The van der Waals surface area contributed by atoms with Gasteiger partial charge in [-0.05, 0) is 66.7 Å². The molecular formula is C18H12Br2N2O2S. The second-order valence-corrected chi connectivity index (χ2v) is 7.66. The van der Waals surface area contributed by atoms with Crippen LogP contribution in [0.5, 0.6) is 0 Å². The van der Waals surface area contributed by atoms with Crippen LogP contribution in [0.15, 0.2) is 57.0 Å². The van der Waals surface area contributed by atoms with Crippen LogP contribution in [0.25, 0.3) is 6.08 Å². The Kier molecular flexibility index (Phi) is 5.17. The molecule has 1 N–H and O–H groups in total. The van der Waals surface area contributed by atoms with E-state index in [2.05, 4.69) is 37.2 Å². The van der Waals surface area contributed by atoms with Gasteiger partial charge in [-0.25, -0.2) is 0 Å². The van der Waals surface area contributed by atoms with Crippen molar-refractivity contribution in [3.63, 3.8) is 0 Å². The molecule has 0 unspecified atom stereocenters. The summed E-state index contributed by atoms with van der Waals surface area (Å²) in [5.74, 6) is -0.939. The van der Waals surface area contributed by atoms with Gasteiger partial charge in [0.05, 0.1) is 5.69 Å². The predicted octanol–water partition coefficient (Wildman–Crippen LogP) is 4.35. The molecule has 0 spiro atoms. The standard InChI is InChI=1S/C18H12Br2N2O2S/c1-10-8-13(20)6-7-15(10)22-17(24)14(16(23)21-18(22)25)9-11-2-4-12(19)5-3-11/h2-9H,1H3,(H,21,23,25)/b14-9+. The average molecular weight is 480 g/mol. The summed E-state index contributed by atoms with van der Waals surface area (Å²) in [7, 11) is 0. The SMILES string of the molecule is Cc1cc(Br)ccc1N1C(=O)/C(=C/c2ccc(Br)cc2)C(=O)NC1=S. The lowest BCUT2D eigenvalue weighted by atomic mass is 10.1. The van der Waals surface area contributed by atoms with Crippen molar-refractivity contribution in [3.05, 3.63) is 68.1 Å². The van der Waals surface area contributed by atoms with E-state index >= 15 is 0 Å². The maximum absolute atomic E-state index is 12.9. The van der Waals surface area contributed by atoms with Gasteiger partial charge >= 0.3 is 0 Å². The molecular weight excluding hydrogens is 468 g/mol. The maximum Gasteiger partial charge on any atom is 0.270 e. The van der Waals surface area contributed by atoms with Crippen molar-refractivity contribution >= 4 is 72.8 Å². The summed E-state index contributed by atoms with van der Waals surface area (Å²) in [4.78, 5) is 26.6. The van der Waals surface area contributed by atoms with E-state index in [9.17, 15) is 9.59 Å². The molecule has 4 nitrogen and oxygen atoms in total. The van der Waals surface area contributed by atoms with Gasteiger partial charge in [-0.1, -0.05) is 44.0 Å². The molecule has 0 bridgehead atoms. The minimum atomic E-state index is -0.496. The van der Waals surface area contributed by atoms with Crippen molar-refractivity contribution in [3.8, 4) is 0 Å². The number of amides is 2. The number of aryl methyl sites for hydroxylation is 1. The molecule has 25 heavy (non-hydrogen) atoms. The number of anilines is 1. The molecule has 2 aromatic rings. The number of carbonyl (C=O) groups is 2. The van der Waals surface area contributed by atoms with Crippen molar-refractivity contribution in [1.29, 1.82) is 0 Å². The van der Waals surface area contributed by atoms with Crippen LogP contribution < -0.4 is 10.2 Å². The molecule has 0 radical (unpaired) electrons. The molecule has 0 atom stereocenters. The predicted molar refractivity (Wildman–Crippen MR) is 109 cm³/mol. The van der Waals surface area contributed by atoms with Gasteiger partial charge in [-0.15, -0.1) is 0 Å². The number of rotatable bonds is 2. The summed E-state index contributed by atoms with van der Waals surface area (Å²) in [5, 5.41) is 2.67. The summed E-state index contributed by atoms with van der Waals surface area (Å²) in [6.07, 6.45) is 1.56. The van der Waals surface area contributed by atoms with E-state index in [0.29, 0.717) is 5.69 Å². The van der Waals surface area contributed by atoms with Crippen LogP contribution in [0.3, 0.4) is 0 Å². The lowest BCUT2D eigenvalue weighted by Gasteiger charge is -2.30. The Morgan fingerprint density at radius 2 is 1.68 bits per heavy atom. The highest BCUT2D eigenvalue weighted by Crippen LogP contribution is 2.27. The molecule has 3 rings (SSSR count). The second-order valence-electron chi connectivity index (χ2n) is 5.44. The van der Waals surface area contributed by atoms with E-state index in [-0.39, 0.29) is 10.7 Å². The first kappa shape index (κ1) is 18.0. The smallest absolute Gasteiger partial charge is 0.270 e. The van der Waals surface area contributed by atoms with Crippen LogP contribution >= 0.6 is 44.1 Å². The summed E-state index contributed by atoms with van der Waals surface area (Å²) in [6.45, 7) is 1.88. The van der Waals surface area contributed by atoms with Crippen LogP contribution in [0.2, 0.25) is 0 Å². The van der Waals surface area contributed by atoms with Crippen LogP contribution in [-0.2, 0) is 9.59 Å². The van der Waals surface area contributed by atoms with Crippen LogP contribution in [0, 0.1) is 6.92 Å². The summed E-state index contributed by atoms with van der Waals surface area (Å²) >= 11 is 12.0. The van der Waals surface area contributed by atoms with Gasteiger partial charge in [0.25, 0.3) is 11.8 Å². The van der Waals surface area contributed by atoms with Crippen LogP contribution in [0.1, 0.15) is 11.1 Å². The molecule has 1 aliphatic rings. The third-order valence-electron chi connectivity index (χ3n) is 3.68. The summed E-state index contributed by atoms with van der Waals surface area (Å²) in [6, 6.07) is 12.8. The molecule has 1 aliphatic heterocycles. The highest BCUT2D eigenvalue weighted by atomic mass is 79.9. The van der Waals surface area contributed by atoms with Crippen LogP contribution in [0.4, 0.5) is 5.69 Å². The molecule has 2 amide bonds. The minimum absolute atomic E-state index is 0.0400. The van der Waals surface area contributed by atoms with E-state index < -0.39 is 11.8 Å². The fourth-order valence-electron chi connectivity index (χ4n) is 2.47. The lowest BCUT2D eigenvalue weighted by molar-refractivity contribution is -0.122. The molecule has 1 saturated heterocycles. The fourth-order valence-corrected chi connectivity index (χ4v) is 3.49. The minimum Gasteiger partial charge on any atom is -0.298 e. The molecule has 7 heteroatoms. The Morgan fingerprint density at radius 3 is 2.32 bits per heavy atom. The highest BCUT2D eigenvalue weighted by molar-refractivity contribution is 9.10. The first-order valence-corrected chi connectivity index (χ1v) is 9.29. The number of hydrogen-bond acceptors (Lipinski definition) is 3. The number of benzene rings is 2. The Labute approximate surface area is 167 Å². The average Bonchev–Trinajstić information content (AvgIpc) is 2.55. The molecule has 1 heterocycles. The number of thiocarbonyl (C=S) groups is 1. The van der Waals surface area contributed by atoms with Crippen molar-refractivity contribution in [1.82, 2.24) is 5.32 Å². The third kappa shape index (κ3) is 3.73. The zero-order valence-electron chi connectivity index (χ0n) is 13.0. The highest BCUT2D eigenvalue weighted by Gasteiger charge is 2.35. The summed E-state index contributed by atoms with van der Waals surface area (Å²) < 4.78 is 1.82. The second kappa shape index (κ2) is 7.19. The Balaban J connectivity index is 2.03. The van der Waals surface area contributed by atoms with Gasteiger partial charge in [0.1, 0.15) is 5.57 Å². The monoisotopic (exact) mass is 478 g/mol. The maximum atomic E-state index is 12.9. The fraction of sp³-hybridized carbons (Fsp3) is 0.0556. The van der Waals surface area contributed by atoms with E-state index in [0.717, 1.165) is 20.1 Å².